The van der Waals surface area contributed by atoms with Crippen LogP contribution in [0.15, 0.2) is 11.1 Å². The molecule has 0 aliphatic heterocycles. The first kappa shape index (κ1) is 6.85. The zero-order valence-corrected chi connectivity index (χ0v) is 6.70. The lowest BCUT2D eigenvalue weighted by Gasteiger charge is -2.01. The predicted molar refractivity (Wildman–Crippen MR) is 41.4 cm³/mol. The number of hydrogen-bond donors (Lipinski definition) is 0. The van der Waals surface area contributed by atoms with Crippen molar-refractivity contribution in [3.8, 4) is 0 Å². The molecule has 52 valence electrons. The van der Waals surface area contributed by atoms with Gasteiger partial charge in [-0.3, -0.25) is 0 Å². The highest BCUT2D eigenvalue weighted by Crippen LogP contribution is 2.37. The van der Waals surface area contributed by atoms with Gasteiger partial charge in [0.05, 0.1) is 0 Å². The lowest BCUT2D eigenvalue weighted by molar-refractivity contribution is 0.931. The molecule has 0 unspecified atom stereocenters. The third-order valence-electron chi connectivity index (χ3n) is 2.39. The molecule has 0 atom stereocenters. The summed E-state index contributed by atoms with van der Waals surface area (Å²) in [6, 6.07) is 0. The Kier molecular flexibility index (Phi) is 1.94. The van der Waals surface area contributed by atoms with E-state index in [1.807, 2.05) is 0 Å². The molecular weight excluding hydrogens is 108 g/mol. The van der Waals surface area contributed by atoms with Gasteiger partial charge >= 0.3 is 0 Å². The van der Waals surface area contributed by atoms with Crippen LogP contribution in [-0.4, -0.2) is 0 Å². The van der Waals surface area contributed by atoms with Crippen LogP contribution in [0, 0.1) is 5.92 Å². The van der Waals surface area contributed by atoms with E-state index in [1.54, 1.807) is 11.1 Å². The standard InChI is InChI=1S/C9H16/c1-4-7(2)8(3)9-5-6-9/h9H,4-6H2,1-3H3. The van der Waals surface area contributed by atoms with Crippen molar-refractivity contribution in [1.82, 2.24) is 0 Å². The van der Waals surface area contributed by atoms with E-state index in [9.17, 15) is 0 Å². The highest BCUT2D eigenvalue weighted by Gasteiger charge is 2.23. The zero-order chi connectivity index (χ0) is 6.85. The SMILES string of the molecule is CCC(C)=C(C)C1CC1. The van der Waals surface area contributed by atoms with Crippen molar-refractivity contribution in [3.63, 3.8) is 0 Å². The van der Waals surface area contributed by atoms with E-state index in [0.29, 0.717) is 0 Å². The van der Waals surface area contributed by atoms with Gasteiger partial charge in [-0.05, 0) is 39.0 Å². The Morgan fingerprint density at radius 2 is 1.89 bits per heavy atom. The van der Waals surface area contributed by atoms with Crippen molar-refractivity contribution in [3.05, 3.63) is 11.1 Å². The van der Waals surface area contributed by atoms with Crippen LogP contribution >= 0.6 is 0 Å². The van der Waals surface area contributed by atoms with Crippen molar-refractivity contribution in [2.24, 2.45) is 5.92 Å². The fraction of sp³-hybridized carbons (Fsp3) is 0.778. The molecular formula is C9H16. The molecule has 0 N–H and O–H groups in total. The van der Waals surface area contributed by atoms with E-state index in [2.05, 4.69) is 20.8 Å². The molecule has 1 fully saturated rings. The van der Waals surface area contributed by atoms with Crippen molar-refractivity contribution < 1.29 is 0 Å². The van der Waals surface area contributed by atoms with Gasteiger partial charge < -0.3 is 0 Å². The Bertz CT molecular complexity index is 127. The molecule has 1 rings (SSSR count). The zero-order valence-electron chi connectivity index (χ0n) is 6.70. The van der Waals surface area contributed by atoms with Crippen molar-refractivity contribution >= 4 is 0 Å². The minimum atomic E-state index is 0.977. The number of allylic oxidation sites excluding steroid dienone is 2. The van der Waals surface area contributed by atoms with Gasteiger partial charge in [0, 0.05) is 0 Å². The summed E-state index contributed by atoms with van der Waals surface area (Å²) in [6.07, 6.45) is 4.13. The van der Waals surface area contributed by atoms with Crippen molar-refractivity contribution in [2.45, 2.75) is 40.0 Å². The summed E-state index contributed by atoms with van der Waals surface area (Å²) < 4.78 is 0. The third-order valence-corrected chi connectivity index (χ3v) is 2.39. The van der Waals surface area contributed by atoms with Crippen LogP contribution < -0.4 is 0 Å². The minimum Gasteiger partial charge on any atom is -0.0744 e. The van der Waals surface area contributed by atoms with Crippen LogP contribution in [0.3, 0.4) is 0 Å². The predicted octanol–water partition coefficient (Wildman–Crippen LogP) is 3.14. The van der Waals surface area contributed by atoms with Gasteiger partial charge in [0.2, 0.25) is 0 Å². The molecule has 0 amide bonds. The second kappa shape index (κ2) is 2.55. The van der Waals surface area contributed by atoms with E-state index >= 15 is 0 Å². The summed E-state index contributed by atoms with van der Waals surface area (Å²) in [5.41, 5.74) is 3.27. The first-order chi connectivity index (χ1) is 4.25. The molecule has 0 spiro atoms. The van der Waals surface area contributed by atoms with Gasteiger partial charge in [0.25, 0.3) is 0 Å². The van der Waals surface area contributed by atoms with E-state index in [1.165, 1.54) is 19.3 Å². The molecule has 1 aliphatic rings. The summed E-state index contributed by atoms with van der Waals surface area (Å²) in [5.74, 6) is 0.977. The Labute approximate surface area is 58.0 Å². The molecule has 0 aromatic heterocycles. The average molecular weight is 124 g/mol. The van der Waals surface area contributed by atoms with E-state index < -0.39 is 0 Å². The van der Waals surface area contributed by atoms with E-state index in [0.717, 1.165) is 5.92 Å². The van der Waals surface area contributed by atoms with E-state index in [-0.39, 0.29) is 0 Å². The van der Waals surface area contributed by atoms with Gasteiger partial charge in [-0.2, -0.15) is 0 Å². The fourth-order valence-corrected chi connectivity index (χ4v) is 1.14. The van der Waals surface area contributed by atoms with Crippen LogP contribution in [0.1, 0.15) is 40.0 Å². The summed E-state index contributed by atoms with van der Waals surface area (Å²) in [4.78, 5) is 0. The average Bonchev–Trinajstić information content (AvgIpc) is 2.66. The molecule has 0 nitrogen and oxygen atoms in total. The first-order valence-electron chi connectivity index (χ1n) is 3.92. The Balaban J connectivity index is 2.53. The molecule has 0 radical (unpaired) electrons. The highest BCUT2D eigenvalue weighted by atomic mass is 14.3. The number of rotatable bonds is 2. The molecule has 0 saturated heterocycles. The highest BCUT2D eigenvalue weighted by molar-refractivity contribution is 5.16. The molecule has 0 aromatic carbocycles. The summed E-state index contributed by atoms with van der Waals surface area (Å²) >= 11 is 0. The Hall–Kier alpha value is -0.260. The largest absolute Gasteiger partial charge is 0.0744 e. The van der Waals surface area contributed by atoms with E-state index in [4.69, 9.17) is 0 Å². The monoisotopic (exact) mass is 124 g/mol. The van der Waals surface area contributed by atoms with Crippen LogP contribution in [0.25, 0.3) is 0 Å². The van der Waals surface area contributed by atoms with Gasteiger partial charge in [-0.15, -0.1) is 0 Å². The maximum absolute atomic E-state index is 2.29. The van der Waals surface area contributed by atoms with Crippen LogP contribution in [0.4, 0.5) is 0 Å². The lowest BCUT2D eigenvalue weighted by atomic mass is 10.1. The number of hydrogen-bond acceptors (Lipinski definition) is 0. The maximum Gasteiger partial charge on any atom is -0.0203 e. The minimum absolute atomic E-state index is 0.977. The lowest BCUT2D eigenvalue weighted by Crippen LogP contribution is -1.83. The van der Waals surface area contributed by atoms with Crippen molar-refractivity contribution in [1.29, 1.82) is 0 Å². The van der Waals surface area contributed by atoms with Gasteiger partial charge in [-0.25, -0.2) is 0 Å². The summed E-state index contributed by atoms with van der Waals surface area (Å²) in [6.45, 7) is 6.78. The maximum atomic E-state index is 2.29. The first-order valence-corrected chi connectivity index (χ1v) is 3.92. The topological polar surface area (TPSA) is 0 Å². The molecule has 0 aromatic rings. The fourth-order valence-electron chi connectivity index (χ4n) is 1.14. The second-order valence-corrected chi connectivity index (χ2v) is 3.09. The normalized spacial score (nSPS) is 21.7. The molecule has 0 bridgehead atoms. The quantitative estimate of drug-likeness (QED) is 0.496. The van der Waals surface area contributed by atoms with Gasteiger partial charge in [0.1, 0.15) is 0 Å². The van der Waals surface area contributed by atoms with Crippen LogP contribution in [0.5, 0.6) is 0 Å². The van der Waals surface area contributed by atoms with Crippen LogP contribution in [0.2, 0.25) is 0 Å². The van der Waals surface area contributed by atoms with Gasteiger partial charge in [-0.1, -0.05) is 18.1 Å². The Morgan fingerprint density at radius 3 is 2.22 bits per heavy atom. The third kappa shape index (κ3) is 1.57. The summed E-state index contributed by atoms with van der Waals surface area (Å²) in [7, 11) is 0. The molecule has 9 heavy (non-hydrogen) atoms. The summed E-state index contributed by atoms with van der Waals surface area (Å²) in [5, 5.41) is 0. The van der Waals surface area contributed by atoms with Crippen LogP contribution in [-0.2, 0) is 0 Å². The Morgan fingerprint density at radius 1 is 1.33 bits per heavy atom. The smallest absolute Gasteiger partial charge is 0.0203 e. The molecule has 1 aliphatic carbocycles. The molecule has 1 saturated carbocycles. The van der Waals surface area contributed by atoms with Gasteiger partial charge in [0.15, 0.2) is 0 Å². The molecule has 0 heteroatoms. The van der Waals surface area contributed by atoms with Crippen molar-refractivity contribution in [2.75, 3.05) is 0 Å². The second-order valence-electron chi connectivity index (χ2n) is 3.09. The molecule has 0 heterocycles.